The van der Waals surface area contributed by atoms with E-state index in [9.17, 15) is 22.8 Å². The number of rotatable bonds is 6. The Bertz CT molecular complexity index is 1080. The second-order valence-electron chi connectivity index (χ2n) is 9.57. The van der Waals surface area contributed by atoms with Crippen LogP contribution in [0.15, 0.2) is 0 Å². The number of carbonyl (C=O) groups excluding carboxylic acids is 3. The van der Waals surface area contributed by atoms with E-state index in [4.69, 9.17) is 0 Å². The number of hydrogen-bond donors (Lipinski definition) is 2. The molecule has 3 aliphatic rings. The monoisotopic (exact) mass is 480 g/mol. The van der Waals surface area contributed by atoms with Crippen molar-refractivity contribution in [3.63, 3.8) is 0 Å². The Labute approximate surface area is 193 Å². The molecule has 4 rings (SSSR count). The van der Waals surface area contributed by atoms with E-state index in [1.165, 1.54) is 0 Å². The third-order valence-electron chi connectivity index (χ3n) is 6.98. The number of likely N-dealkylation sites (N-methyl/N-ethyl adjacent to an activating group) is 1. The van der Waals surface area contributed by atoms with Crippen LogP contribution in [0.1, 0.15) is 61.5 Å². The van der Waals surface area contributed by atoms with Crippen LogP contribution in [0, 0.1) is 13.8 Å². The van der Waals surface area contributed by atoms with Gasteiger partial charge in [-0.05, 0) is 40.2 Å². The third kappa shape index (κ3) is 4.63. The molecule has 3 fully saturated rings. The lowest BCUT2D eigenvalue weighted by Crippen LogP contribution is -2.52. The second-order valence-corrected chi connectivity index (χ2v) is 11.8. The molecule has 182 valence electrons. The SMILES string of the molecule is Cc1nn([C@H]2CCS(=O)(=O)C2)c(C)c1CN(C)CC(=O)NN1C(=O)NC2(CCCCC2)C1=O. The fourth-order valence-electron chi connectivity index (χ4n) is 5.20. The summed E-state index contributed by atoms with van der Waals surface area (Å²) < 4.78 is 25.5. The molecule has 1 aliphatic carbocycles. The predicted molar refractivity (Wildman–Crippen MR) is 120 cm³/mol. The molecule has 33 heavy (non-hydrogen) atoms. The summed E-state index contributed by atoms with van der Waals surface area (Å²) in [5, 5.41) is 8.15. The molecule has 1 aromatic rings. The Morgan fingerprint density at radius 3 is 2.58 bits per heavy atom. The van der Waals surface area contributed by atoms with Gasteiger partial charge in [0.2, 0.25) is 0 Å². The first-order valence-electron chi connectivity index (χ1n) is 11.4. The number of nitrogens with zero attached hydrogens (tertiary/aromatic N) is 4. The standard InChI is InChI=1S/C21H32N6O5S/c1-14-17(15(2)26(23-14)16-7-10-33(31,32)13-16)11-25(3)12-18(28)24-27-19(29)21(22-20(27)30)8-5-4-6-9-21/h16H,4-13H2,1-3H3,(H,22,30)(H,24,28)/t16-/m0/s1. The molecular weight excluding hydrogens is 448 g/mol. The third-order valence-corrected chi connectivity index (χ3v) is 8.73. The molecule has 3 heterocycles. The van der Waals surface area contributed by atoms with E-state index in [2.05, 4.69) is 15.8 Å². The normalized spacial score (nSPS) is 24.0. The molecule has 4 amide bonds. The molecule has 0 radical (unpaired) electrons. The Kier molecular flexibility index (Phi) is 6.25. The molecule has 2 aliphatic heterocycles. The maximum Gasteiger partial charge on any atom is 0.344 e. The second kappa shape index (κ2) is 8.71. The van der Waals surface area contributed by atoms with Crippen LogP contribution in [0.25, 0.3) is 0 Å². The zero-order valence-electron chi connectivity index (χ0n) is 19.4. The van der Waals surface area contributed by atoms with Gasteiger partial charge >= 0.3 is 6.03 Å². The molecule has 11 nitrogen and oxygen atoms in total. The number of amides is 4. The number of hydrogen-bond acceptors (Lipinski definition) is 7. The van der Waals surface area contributed by atoms with Crippen molar-refractivity contribution in [2.45, 2.75) is 70.5 Å². The molecule has 0 aromatic carbocycles. The van der Waals surface area contributed by atoms with Crippen molar-refractivity contribution in [1.29, 1.82) is 0 Å². The number of carbonyl (C=O) groups is 3. The maximum absolute atomic E-state index is 12.8. The van der Waals surface area contributed by atoms with Crippen molar-refractivity contribution in [2.75, 3.05) is 25.1 Å². The van der Waals surface area contributed by atoms with E-state index in [1.807, 2.05) is 13.8 Å². The summed E-state index contributed by atoms with van der Waals surface area (Å²) >= 11 is 0. The number of sulfone groups is 1. The van der Waals surface area contributed by atoms with Gasteiger partial charge in [-0.25, -0.2) is 13.2 Å². The first kappa shape index (κ1) is 23.7. The lowest BCUT2D eigenvalue weighted by atomic mass is 9.82. The number of hydrazine groups is 1. The van der Waals surface area contributed by atoms with Gasteiger partial charge in [0.05, 0.1) is 29.8 Å². The molecule has 2 N–H and O–H groups in total. The average molecular weight is 481 g/mol. The van der Waals surface area contributed by atoms with Crippen molar-refractivity contribution >= 4 is 27.7 Å². The van der Waals surface area contributed by atoms with Crippen molar-refractivity contribution in [2.24, 2.45) is 0 Å². The Balaban J connectivity index is 1.36. The van der Waals surface area contributed by atoms with Gasteiger partial charge < -0.3 is 5.32 Å². The van der Waals surface area contributed by atoms with Crippen LogP contribution in [0.5, 0.6) is 0 Å². The van der Waals surface area contributed by atoms with Crippen LogP contribution >= 0.6 is 0 Å². The summed E-state index contributed by atoms with van der Waals surface area (Å²) in [4.78, 5) is 39.6. The summed E-state index contributed by atoms with van der Waals surface area (Å²) in [6, 6.07) is -0.750. The van der Waals surface area contributed by atoms with E-state index in [1.54, 1.807) is 16.6 Å². The highest BCUT2D eigenvalue weighted by Gasteiger charge is 2.52. The Morgan fingerprint density at radius 1 is 1.24 bits per heavy atom. The fourth-order valence-corrected chi connectivity index (χ4v) is 6.89. The lowest BCUT2D eigenvalue weighted by molar-refractivity contribution is -0.140. The van der Waals surface area contributed by atoms with Crippen LogP contribution in [0.2, 0.25) is 0 Å². The Morgan fingerprint density at radius 2 is 1.94 bits per heavy atom. The molecule has 1 atom stereocenters. The van der Waals surface area contributed by atoms with Crippen molar-refractivity contribution in [1.82, 2.24) is 30.4 Å². The summed E-state index contributed by atoms with van der Waals surface area (Å²) in [6.07, 6.45) is 4.51. The maximum atomic E-state index is 12.8. The summed E-state index contributed by atoms with van der Waals surface area (Å²) in [5.74, 6) is -0.573. The summed E-state index contributed by atoms with van der Waals surface area (Å²) in [5.41, 5.74) is 4.18. The highest BCUT2D eigenvalue weighted by atomic mass is 32.2. The zero-order valence-corrected chi connectivity index (χ0v) is 20.2. The van der Waals surface area contributed by atoms with Crippen LogP contribution in [-0.2, 0) is 26.0 Å². The molecule has 0 bridgehead atoms. The molecule has 0 unspecified atom stereocenters. The number of aromatic nitrogens is 2. The van der Waals surface area contributed by atoms with Gasteiger partial charge in [0.1, 0.15) is 5.54 Å². The lowest BCUT2D eigenvalue weighted by Gasteiger charge is -2.30. The highest BCUT2D eigenvalue weighted by Crippen LogP contribution is 2.33. The molecule has 2 saturated heterocycles. The molecule has 1 saturated carbocycles. The van der Waals surface area contributed by atoms with Gasteiger partial charge in [-0.2, -0.15) is 10.1 Å². The van der Waals surface area contributed by atoms with E-state index < -0.39 is 27.3 Å². The first-order chi connectivity index (χ1) is 15.5. The quantitative estimate of drug-likeness (QED) is 0.569. The topological polar surface area (TPSA) is 134 Å². The predicted octanol–water partition coefficient (Wildman–Crippen LogP) is 0.577. The molecule has 12 heteroatoms. The highest BCUT2D eigenvalue weighted by molar-refractivity contribution is 7.91. The molecular formula is C21H32N6O5S. The minimum Gasteiger partial charge on any atom is -0.322 e. The fraction of sp³-hybridized carbons (Fsp3) is 0.714. The number of urea groups is 1. The largest absolute Gasteiger partial charge is 0.344 e. The first-order valence-corrected chi connectivity index (χ1v) is 13.2. The minimum atomic E-state index is -3.02. The Hall–Kier alpha value is -2.47. The number of nitrogens with one attached hydrogen (secondary N) is 2. The van der Waals surface area contributed by atoms with E-state index >= 15 is 0 Å². The van der Waals surface area contributed by atoms with E-state index in [0.717, 1.165) is 41.2 Å². The number of imide groups is 1. The molecule has 1 aromatic heterocycles. The van der Waals surface area contributed by atoms with Gasteiger partial charge in [-0.15, -0.1) is 0 Å². The number of aryl methyl sites for hydroxylation is 1. The van der Waals surface area contributed by atoms with Crippen LogP contribution < -0.4 is 10.7 Å². The minimum absolute atomic E-state index is 0.0219. The van der Waals surface area contributed by atoms with Gasteiger partial charge in [0.25, 0.3) is 11.8 Å². The molecule has 1 spiro atoms. The summed E-state index contributed by atoms with van der Waals surface area (Å²) in [6.45, 7) is 4.18. The smallest absolute Gasteiger partial charge is 0.322 e. The van der Waals surface area contributed by atoms with Crippen molar-refractivity contribution in [3.8, 4) is 0 Å². The van der Waals surface area contributed by atoms with Gasteiger partial charge in [0, 0.05) is 17.8 Å². The summed E-state index contributed by atoms with van der Waals surface area (Å²) in [7, 11) is -1.25. The van der Waals surface area contributed by atoms with Gasteiger partial charge in [-0.1, -0.05) is 19.3 Å². The van der Waals surface area contributed by atoms with Gasteiger partial charge in [0.15, 0.2) is 9.84 Å². The van der Waals surface area contributed by atoms with Crippen molar-refractivity contribution < 1.29 is 22.8 Å². The van der Waals surface area contributed by atoms with E-state index in [0.29, 0.717) is 25.8 Å². The van der Waals surface area contributed by atoms with Crippen LogP contribution in [0.3, 0.4) is 0 Å². The van der Waals surface area contributed by atoms with Crippen molar-refractivity contribution in [3.05, 3.63) is 17.0 Å². The average Bonchev–Trinajstić information content (AvgIpc) is 3.31. The van der Waals surface area contributed by atoms with Crippen LogP contribution in [-0.4, -0.2) is 76.6 Å². The zero-order chi connectivity index (χ0) is 24.0. The van der Waals surface area contributed by atoms with Gasteiger partial charge in [-0.3, -0.25) is 24.6 Å². The van der Waals surface area contributed by atoms with E-state index in [-0.39, 0.29) is 30.0 Å². The van der Waals surface area contributed by atoms with Crippen LogP contribution in [0.4, 0.5) is 4.79 Å².